The Bertz CT molecular complexity index is 1360. The molecule has 6 nitrogen and oxygen atoms in total. The van der Waals surface area contributed by atoms with Crippen LogP contribution in [0.3, 0.4) is 0 Å². The Kier molecular flexibility index (Phi) is 6.32. The number of benzene rings is 2. The lowest BCUT2D eigenvalue weighted by atomic mass is 9.92. The predicted molar refractivity (Wildman–Crippen MR) is 136 cm³/mol. The molecule has 0 aliphatic carbocycles. The molecule has 2 aromatic carbocycles. The highest BCUT2D eigenvalue weighted by atomic mass is 16.5. The Labute approximate surface area is 205 Å². The van der Waals surface area contributed by atoms with Crippen molar-refractivity contribution in [3.05, 3.63) is 87.4 Å². The summed E-state index contributed by atoms with van der Waals surface area (Å²) in [6.45, 7) is 11.5. The first kappa shape index (κ1) is 24.3. The number of rotatable bonds is 5. The van der Waals surface area contributed by atoms with E-state index in [9.17, 15) is 14.7 Å². The van der Waals surface area contributed by atoms with E-state index in [1.165, 1.54) is 4.90 Å². The molecule has 0 radical (unpaired) electrons. The van der Waals surface area contributed by atoms with Crippen molar-refractivity contribution in [2.45, 2.75) is 53.5 Å². The monoisotopic (exact) mass is 473 g/mol. The molecule has 1 aliphatic heterocycles. The fourth-order valence-corrected chi connectivity index (χ4v) is 4.66. The molecule has 0 saturated carbocycles. The van der Waals surface area contributed by atoms with Crippen LogP contribution >= 0.6 is 0 Å². The molecule has 2 heterocycles. The van der Waals surface area contributed by atoms with Gasteiger partial charge in [-0.3, -0.25) is 14.5 Å². The van der Waals surface area contributed by atoms with E-state index >= 15 is 0 Å². The number of furan rings is 1. The van der Waals surface area contributed by atoms with Crippen LogP contribution in [0.1, 0.15) is 65.1 Å². The number of carbonyl (C=O) groups excluding carboxylic acids is 2. The van der Waals surface area contributed by atoms with Gasteiger partial charge in [-0.15, -0.1) is 0 Å². The van der Waals surface area contributed by atoms with Crippen molar-refractivity contribution >= 4 is 23.1 Å². The second kappa shape index (κ2) is 9.10. The Hall–Kier alpha value is -3.80. The van der Waals surface area contributed by atoms with Crippen LogP contribution in [0.25, 0.3) is 5.76 Å². The second-order valence-corrected chi connectivity index (χ2v) is 9.47. The number of methoxy groups -OCH3 is 1. The lowest BCUT2D eigenvalue weighted by Crippen LogP contribution is -2.30. The maximum Gasteiger partial charge on any atom is 0.300 e. The average molecular weight is 474 g/mol. The summed E-state index contributed by atoms with van der Waals surface area (Å²) in [4.78, 5) is 28.3. The molecule has 1 fully saturated rings. The molecule has 1 amide bonds. The lowest BCUT2D eigenvalue weighted by Gasteiger charge is -2.25. The number of anilines is 1. The van der Waals surface area contributed by atoms with Gasteiger partial charge in [0.05, 0.1) is 12.7 Å². The third kappa shape index (κ3) is 4.14. The Morgan fingerprint density at radius 3 is 2.31 bits per heavy atom. The van der Waals surface area contributed by atoms with E-state index in [1.807, 2.05) is 65.0 Å². The number of Topliss-reactive ketones (excluding diaryl/α,β-unsaturated/α-hetero) is 1. The van der Waals surface area contributed by atoms with Gasteiger partial charge in [0.2, 0.25) is 0 Å². The summed E-state index contributed by atoms with van der Waals surface area (Å²) in [5, 5.41) is 11.6. The maximum absolute atomic E-state index is 13.5. The maximum atomic E-state index is 13.5. The first-order valence-electron chi connectivity index (χ1n) is 11.7. The molecular weight excluding hydrogens is 442 g/mol. The first-order chi connectivity index (χ1) is 16.5. The van der Waals surface area contributed by atoms with Crippen molar-refractivity contribution in [1.29, 1.82) is 0 Å². The van der Waals surface area contributed by atoms with Gasteiger partial charge in [-0.25, -0.2) is 0 Å². The van der Waals surface area contributed by atoms with E-state index in [0.717, 1.165) is 22.3 Å². The van der Waals surface area contributed by atoms with E-state index in [4.69, 9.17) is 9.15 Å². The number of aliphatic hydroxyl groups is 1. The molecule has 0 spiro atoms. The van der Waals surface area contributed by atoms with Gasteiger partial charge in [-0.1, -0.05) is 26.0 Å². The average Bonchev–Trinajstić information content (AvgIpc) is 3.35. The summed E-state index contributed by atoms with van der Waals surface area (Å²) in [7, 11) is 1.61. The number of amides is 1. The van der Waals surface area contributed by atoms with Gasteiger partial charge in [0.15, 0.2) is 0 Å². The van der Waals surface area contributed by atoms with E-state index < -0.39 is 17.7 Å². The Morgan fingerprint density at radius 2 is 1.71 bits per heavy atom. The van der Waals surface area contributed by atoms with Crippen LogP contribution in [0, 0.1) is 27.7 Å². The third-order valence-corrected chi connectivity index (χ3v) is 6.55. The zero-order valence-electron chi connectivity index (χ0n) is 21.2. The van der Waals surface area contributed by atoms with Crippen LogP contribution in [0.15, 0.2) is 52.5 Å². The summed E-state index contributed by atoms with van der Waals surface area (Å²) >= 11 is 0. The standard InChI is InChI=1S/C29H31NO5/c1-15(2)20-14-21(18(5)13-24(20)34-7)27(31)25-26(23-11-10-19(6)35-23)30(29(33)28(25)32)22-12-16(3)8-9-17(22)4/h8-15,26,31H,1-7H3/b27-25+. The van der Waals surface area contributed by atoms with E-state index in [-0.39, 0.29) is 17.3 Å². The highest BCUT2D eigenvalue weighted by molar-refractivity contribution is 6.51. The number of ether oxygens (including phenoxy) is 1. The largest absolute Gasteiger partial charge is 0.507 e. The highest BCUT2D eigenvalue weighted by Crippen LogP contribution is 2.44. The third-order valence-electron chi connectivity index (χ3n) is 6.55. The molecule has 3 aromatic rings. The zero-order chi connectivity index (χ0) is 25.6. The molecular formula is C29H31NO5. The van der Waals surface area contributed by atoms with Gasteiger partial charge in [0.1, 0.15) is 29.1 Å². The molecule has 1 atom stereocenters. The molecule has 0 bridgehead atoms. The Balaban J connectivity index is 2.00. The molecule has 1 N–H and O–H groups in total. The highest BCUT2D eigenvalue weighted by Gasteiger charge is 2.49. The fourth-order valence-electron chi connectivity index (χ4n) is 4.66. The first-order valence-corrected chi connectivity index (χ1v) is 11.7. The minimum Gasteiger partial charge on any atom is -0.507 e. The quantitative estimate of drug-likeness (QED) is 0.268. The number of aliphatic hydroxyl groups excluding tert-OH is 1. The van der Waals surface area contributed by atoms with Gasteiger partial charge < -0.3 is 14.3 Å². The number of nitrogens with zero attached hydrogens (tertiary/aromatic N) is 1. The number of hydrogen-bond donors (Lipinski definition) is 1. The number of aryl methyl sites for hydroxylation is 4. The molecule has 4 rings (SSSR count). The lowest BCUT2D eigenvalue weighted by molar-refractivity contribution is -0.132. The van der Waals surface area contributed by atoms with Crippen LogP contribution < -0.4 is 9.64 Å². The Morgan fingerprint density at radius 1 is 1.00 bits per heavy atom. The number of hydrogen-bond acceptors (Lipinski definition) is 5. The molecule has 1 saturated heterocycles. The van der Waals surface area contributed by atoms with Crippen LogP contribution in [-0.2, 0) is 9.59 Å². The van der Waals surface area contributed by atoms with Crippen molar-refractivity contribution < 1.29 is 23.8 Å². The van der Waals surface area contributed by atoms with Gasteiger partial charge in [-0.05, 0) is 86.2 Å². The smallest absolute Gasteiger partial charge is 0.300 e. The van der Waals surface area contributed by atoms with Gasteiger partial charge >= 0.3 is 0 Å². The fraction of sp³-hybridized carbons (Fsp3) is 0.310. The molecule has 1 aliphatic rings. The normalized spacial score (nSPS) is 17.5. The van der Waals surface area contributed by atoms with Crippen LogP contribution in [-0.4, -0.2) is 23.9 Å². The summed E-state index contributed by atoms with van der Waals surface area (Å²) in [5.74, 6) is 0.227. The number of ketones is 1. The van der Waals surface area contributed by atoms with Crippen molar-refractivity contribution in [3.8, 4) is 5.75 Å². The van der Waals surface area contributed by atoms with Crippen molar-refractivity contribution in [2.75, 3.05) is 12.0 Å². The second-order valence-electron chi connectivity index (χ2n) is 9.47. The molecule has 1 aromatic heterocycles. The predicted octanol–water partition coefficient (Wildman–Crippen LogP) is 6.27. The number of carbonyl (C=O) groups is 2. The minimum absolute atomic E-state index is 0.00762. The molecule has 6 heteroatoms. The molecule has 1 unspecified atom stereocenters. The van der Waals surface area contributed by atoms with Gasteiger partial charge in [0.25, 0.3) is 11.7 Å². The SMILES string of the molecule is COc1cc(C)c(/C(O)=C2\C(=O)C(=O)N(c3cc(C)ccc3C)C2c2ccc(C)o2)cc1C(C)C. The van der Waals surface area contributed by atoms with Crippen LogP contribution in [0.2, 0.25) is 0 Å². The van der Waals surface area contributed by atoms with Gasteiger partial charge in [-0.2, -0.15) is 0 Å². The summed E-state index contributed by atoms with van der Waals surface area (Å²) in [5.41, 5.74) is 4.53. The molecule has 182 valence electrons. The summed E-state index contributed by atoms with van der Waals surface area (Å²) < 4.78 is 11.5. The van der Waals surface area contributed by atoms with E-state index in [0.29, 0.717) is 28.5 Å². The van der Waals surface area contributed by atoms with Gasteiger partial charge in [0, 0.05) is 11.3 Å². The topological polar surface area (TPSA) is 80.0 Å². The molecule has 35 heavy (non-hydrogen) atoms. The van der Waals surface area contributed by atoms with Crippen molar-refractivity contribution in [2.24, 2.45) is 0 Å². The summed E-state index contributed by atoms with van der Waals surface area (Å²) in [6.07, 6.45) is 0. The summed E-state index contributed by atoms with van der Waals surface area (Å²) in [6, 6.07) is 12.1. The minimum atomic E-state index is -0.895. The van der Waals surface area contributed by atoms with E-state index in [2.05, 4.69) is 0 Å². The zero-order valence-corrected chi connectivity index (χ0v) is 21.2. The van der Waals surface area contributed by atoms with E-state index in [1.54, 1.807) is 26.2 Å². The van der Waals surface area contributed by atoms with Crippen molar-refractivity contribution in [1.82, 2.24) is 0 Å². The van der Waals surface area contributed by atoms with Crippen LogP contribution in [0.4, 0.5) is 5.69 Å². The van der Waals surface area contributed by atoms with Crippen molar-refractivity contribution in [3.63, 3.8) is 0 Å². The van der Waals surface area contributed by atoms with Crippen LogP contribution in [0.5, 0.6) is 5.75 Å².